The van der Waals surface area contributed by atoms with E-state index >= 15 is 0 Å². The lowest BCUT2D eigenvalue weighted by Gasteiger charge is -2.30. The van der Waals surface area contributed by atoms with E-state index < -0.39 is 6.10 Å². The van der Waals surface area contributed by atoms with Gasteiger partial charge in [-0.25, -0.2) is 0 Å². The molecule has 0 N–H and O–H groups in total. The lowest BCUT2D eigenvalue weighted by atomic mass is 9.81. The number of methoxy groups -OCH3 is 1. The van der Waals surface area contributed by atoms with Crippen molar-refractivity contribution in [3.63, 3.8) is 0 Å². The van der Waals surface area contributed by atoms with Gasteiger partial charge in [-0.3, -0.25) is 4.79 Å². The first-order valence-corrected chi connectivity index (χ1v) is 13.5. The maximum Gasteiger partial charge on any atom is 0.311 e. The van der Waals surface area contributed by atoms with Gasteiger partial charge in [-0.2, -0.15) is 0 Å². The first kappa shape index (κ1) is 24.8. The van der Waals surface area contributed by atoms with Crippen molar-refractivity contribution in [1.82, 2.24) is 4.90 Å². The maximum absolute atomic E-state index is 13.3. The Morgan fingerprint density at radius 2 is 1.69 bits per heavy atom. The maximum atomic E-state index is 13.3. The van der Waals surface area contributed by atoms with Crippen LogP contribution in [0.15, 0.2) is 77.3 Å². The van der Waals surface area contributed by atoms with Gasteiger partial charge in [0.05, 0.1) is 13.0 Å². The molecule has 2 aliphatic heterocycles. The van der Waals surface area contributed by atoms with Gasteiger partial charge < -0.3 is 19.1 Å². The number of piperidine rings is 1. The highest BCUT2D eigenvalue weighted by Gasteiger charge is 2.47. The first-order chi connectivity index (χ1) is 17.6. The van der Waals surface area contributed by atoms with Gasteiger partial charge in [0.15, 0.2) is 11.5 Å². The van der Waals surface area contributed by atoms with E-state index in [9.17, 15) is 4.79 Å². The summed E-state index contributed by atoms with van der Waals surface area (Å²) in [4.78, 5) is 15.7. The molecule has 2 heterocycles. The minimum atomic E-state index is -0.400. The summed E-state index contributed by atoms with van der Waals surface area (Å²) in [7, 11) is 1.64. The van der Waals surface area contributed by atoms with Crippen LogP contribution in [0.25, 0.3) is 0 Å². The van der Waals surface area contributed by atoms with Crippen molar-refractivity contribution in [1.29, 1.82) is 0 Å². The Hall–Kier alpha value is -2.83. The monoisotopic (exact) mass is 549 g/mol. The average Bonchev–Trinajstić information content (AvgIpc) is 3.24. The molecule has 0 aliphatic carbocycles. The minimum absolute atomic E-state index is 0.101. The molecule has 0 aromatic heterocycles. The number of carbonyl (C=O) groups is 1. The zero-order valence-electron chi connectivity index (χ0n) is 20.6. The third-order valence-electron chi connectivity index (χ3n) is 7.23. The predicted octanol–water partition coefficient (Wildman–Crippen LogP) is 6.52. The van der Waals surface area contributed by atoms with E-state index in [1.54, 1.807) is 7.11 Å². The molecule has 0 spiro atoms. The summed E-state index contributed by atoms with van der Waals surface area (Å²) in [5.74, 6) is 0.832. The zero-order valence-corrected chi connectivity index (χ0v) is 22.2. The van der Waals surface area contributed by atoms with Gasteiger partial charge in [-0.1, -0.05) is 76.9 Å². The summed E-state index contributed by atoms with van der Waals surface area (Å²) in [6, 6.07) is 24.1. The van der Waals surface area contributed by atoms with Crippen LogP contribution in [0.2, 0.25) is 0 Å². The van der Waals surface area contributed by atoms with E-state index in [2.05, 4.69) is 26.9 Å². The number of esters is 1. The van der Waals surface area contributed by atoms with Gasteiger partial charge in [0.1, 0.15) is 12.7 Å². The molecule has 5 nitrogen and oxygen atoms in total. The number of carbonyl (C=O) groups excluding carboxylic acids is 1. The van der Waals surface area contributed by atoms with Gasteiger partial charge in [0.25, 0.3) is 0 Å². The number of nitrogens with zero attached hydrogens (tertiary/aromatic N) is 1. The quantitative estimate of drug-likeness (QED) is 0.299. The van der Waals surface area contributed by atoms with Crippen LogP contribution in [0, 0.1) is 5.92 Å². The van der Waals surface area contributed by atoms with Crippen LogP contribution in [-0.2, 0) is 16.1 Å². The molecule has 2 saturated heterocycles. The van der Waals surface area contributed by atoms with E-state index in [-0.39, 0.29) is 17.8 Å². The number of rotatable bonds is 8. The molecule has 2 fully saturated rings. The lowest BCUT2D eigenvalue weighted by molar-refractivity contribution is -0.145. The Labute approximate surface area is 221 Å². The largest absolute Gasteiger partial charge is 0.493 e. The molecule has 0 bridgehead atoms. The van der Waals surface area contributed by atoms with Crippen molar-refractivity contribution in [2.45, 2.75) is 37.9 Å². The molecule has 3 aromatic rings. The second-order valence-corrected chi connectivity index (χ2v) is 10.4. The Morgan fingerprint density at radius 3 is 2.44 bits per heavy atom. The summed E-state index contributed by atoms with van der Waals surface area (Å²) in [5, 5.41) is 0. The fraction of sp³-hybridized carbons (Fsp3) is 0.367. The molecular formula is C30H32BrNO4. The average molecular weight is 550 g/mol. The summed E-state index contributed by atoms with van der Waals surface area (Å²) in [5.41, 5.74) is 3.09. The van der Waals surface area contributed by atoms with Crippen LogP contribution in [0.3, 0.4) is 0 Å². The summed E-state index contributed by atoms with van der Waals surface area (Å²) < 4.78 is 18.9. The van der Waals surface area contributed by atoms with E-state index in [1.807, 2.05) is 66.7 Å². The van der Waals surface area contributed by atoms with Crippen LogP contribution >= 0.6 is 15.9 Å². The number of hydrogen-bond acceptors (Lipinski definition) is 5. The molecule has 0 amide bonds. The summed E-state index contributed by atoms with van der Waals surface area (Å²) in [6.45, 7) is 3.25. The Morgan fingerprint density at radius 1 is 0.944 bits per heavy atom. The van der Waals surface area contributed by atoms with Crippen molar-refractivity contribution in [2.75, 3.05) is 26.7 Å². The van der Waals surface area contributed by atoms with Crippen molar-refractivity contribution in [3.05, 3.63) is 94.0 Å². The summed E-state index contributed by atoms with van der Waals surface area (Å²) in [6.07, 6.45) is 3.24. The van der Waals surface area contributed by atoms with Crippen LogP contribution in [0.1, 0.15) is 48.0 Å². The third kappa shape index (κ3) is 5.45. The van der Waals surface area contributed by atoms with Crippen LogP contribution < -0.4 is 9.47 Å². The molecule has 0 radical (unpaired) electrons. The van der Waals surface area contributed by atoms with Crippen LogP contribution in [-0.4, -0.2) is 37.6 Å². The van der Waals surface area contributed by atoms with Gasteiger partial charge in [0, 0.05) is 16.9 Å². The molecule has 5 rings (SSSR count). The second-order valence-electron chi connectivity index (χ2n) is 9.56. The number of halogens is 1. The Balaban J connectivity index is 1.43. The van der Waals surface area contributed by atoms with Crippen molar-refractivity contribution in [3.8, 4) is 11.5 Å². The third-order valence-corrected chi connectivity index (χ3v) is 7.95. The van der Waals surface area contributed by atoms with Crippen LogP contribution in [0.5, 0.6) is 11.5 Å². The zero-order chi connectivity index (χ0) is 24.9. The molecule has 2 aliphatic rings. The standard InChI is InChI=1S/C30H32BrNO4/c1-34-27-18-22(14-15-26(27)35-20-21-10-4-2-5-11-21)29-28(23-12-6-7-13-25(23)31)24(30(33)36-29)19-32-16-8-3-9-17-32/h2,4-7,10-15,18,24,28-29H,3,8-9,16-17,19-20H2,1H3/t24?,28-,29-/m1/s1. The molecule has 3 atom stereocenters. The SMILES string of the molecule is COc1cc([C@H]2OC(=O)C(CN3CCCCC3)[C@H]2c2ccccc2Br)ccc1OCc1ccccc1. The van der Waals surface area contributed by atoms with E-state index in [4.69, 9.17) is 14.2 Å². The fourth-order valence-corrected chi connectivity index (χ4v) is 5.92. The molecule has 1 unspecified atom stereocenters. The fourth-order valence-electron chi connectivity index (χ4n) is 5.37. The Kier molecular flexibility index (Phi) is 7.93. The molecular weight excluding hydrogens is 518 g/mol. The van der Waals surface area contributed by atoms with Gasteiger partial charge in [-0.15, -0.1) is 0 Å². The molecule has 6 heteroatoms. The lowest BCUT2D eigenvalue weighted by Crippen LogP contribution is -2.37. The van der Waals surface area contributed by atoms with Gasteiger partial charge >= 0.3 is 5.97 Å². The first-order valence-electron chi connectivity index (χ1n) is 12.7. The predicted molar refractivity (Wildman–Crippen MR) is 143 cm³/mol. The highest BCUT2D eigenvalue weighted by molar-refractivity contribution is 9.10. The van der Waals surface area contributed by atoms with Crippen molar-refractivity contribution in [2.24, 2.45) is 5.92 Å². The molecule has 3 aromatic carbocycles. The van der Waals surface area contributed by atoms with Crippen LogP contribution in [0.4, 0.5) is 0 Å². The highest BCUT2D eigenvalue weighted by Crippen LogP contribution is 2.49. The molecule has 36 heavy (non-hydrogen) atoms. The van der Waals surface area contributed by atoms with E-state index in [0.29, 0.717) is 18.1 Å². The number of cyclic esters (lactones) is 1. The van der Waals surface area contributed by atoms with Crippen molar-refractivity contribution >= 4 is 21.9 Å². The van der Waals surface area contributed by atoms with E-state index in [1.165, 1.54) is 19.3 Å². The van der Waals surface area contributed by atoms with E-state index in [0.717, 1.165) is 40.8 Å². The minimum Gasteiger partial charge on any atom is -0.493 e. The number of ether oxygens (including phenoxy) is 3. The number of hydrogen-bond donors (Lipinski definition) is 0. The van der Waals surface area contributed by atoms with Crippen molar-refractivity contribution < 1.29 is 19.0 Å². The Bertz CT molecular complexity index is 1180. The topological polar surface area (TPSA) is 48.0 Å². The van der Waals surface area contributed by atoms with Gasteiger partial charge in [-0.05, 0) is 60.8 Å². The number of likely N-dealkylation sites (tertiary alicyclic amines) is 1. The number of benzene rings is 3. The van der Waals surface area contributed by atoms with Gasteiger partial charge in [0.2, 0.25) is 0 Å². The summed E-state index contributed by atoms with van der Waals surface area (Å²) >= 11 is 3.74. The molecule has 0 saturated carbocycles. The second kappa shape index (κ2) is 11.5. The normalized spacial score (nSPS) is 22.3. The molecule has 188 valence electrons. The smallest absolute Gasteiger partial charge is 0.311 e. The highest BCUT2D eigenvalue weighted by atomic mass is 79.9.